The molecule has 0 saturated carbocycles. The van der Waals surface area contributed by atoms with Crippen LogP contribution >= 0.6 is 11.3 Å². The molecule has 0 amide bonds. The predicted octanol–water partition coefficient (Wildman–Crippen LogP) is 2.11. The van der Waals surface area contributed by atoms with Crippen LogP contribution < -0.4 is 5.32 Å². The summed E-state index contributed by atoms with van der Waals surface area (Å²) >= 11 is 1.68. The van der Waals surface area contributed by atoms with Gasteiger partial charge in [0.1, 0.15) is 0 Å². The molecular weight excluding hydrogens is 230 g/mol. The van der Waals surface area contributed by atoms with Crippen molar-refractivity contribution in [2.45, 2.75) is 44.3 Å². The van der Waals surface area contributed by atoms with Crippen molar-refractivity contribution >= 4 is 11.3 Å². The number of aromatic nitrogens is 1. The lowest BCUT2D eigenvalue weighted by atomic mass is 9.91. The maximum Gasteiger partial charge on any atom is 0.0795 e. The number of fused-ring (bicyclic) bond motifs is 2. The molecule has 0 spiro atoms. The second-order valence-corrected chi connectivity index (χ2v) is 6.22. The number of hydrogen-bond donors (Lipinski definition) is 1. The van der Waals surface area contributed by atoms with E-state index in [0.717, 1.165) is 24.5 Å². The highest BCUT2D eigenvalue weighted by Crippen LogP contribution is 2.36. The standard InChI is InChI=1S/C13H21N3S/c1-16-12-2-3-13(16)5-10(4-12)6-14-7-11-8-17-9-15-11/h8-10,12-14H,2-7H2,1H3. The van der Waals surface area contributed by atoms with Crippen molar-refractivity contribution in [2.75, 3.05) is 13.6 Å². The first kappa shape index (κ1) is 11.6. The molecule has 3 nitrogen and oxygen atoms in total. The topological polar surface area (TPSA) is 28.2 Å². The number of piperidine rings is 1. The summed E-state index contributed by atoms with van der Waals surface area (Å²) in [7, 11) is 2.31. The van der Waals surface area contributed by atoms with Gasteiger partial charge in [-0.25, -0.2) is 4.98 Å². The van der Waals surface area contributed by atoms with E-state index in [0.29, 0.717) is 0 Å². The van der Waals surface area contributed by atoms with Crippen LogP contribution in [0.1, 0.15) is 31.4 Å². The SMILES string of the molecule is CN1C2CCC1CC(CNCc1cscn1)C2. The molecule has 2 bridgehead atoms. The second-order valence-electron chi connectivity index (χ2n) is 5.50. The van der Waals surface area contributed by atoms with Crippen molar-refractivity contribution in [3.05, 3.63) is 16.6 Å². The third-order valence-corrected chi connectivity index (χ3v) is 5.05. The van der Waals surface area contributed by atoms with Crippen LogP contribution in [0.3, 0.4) is 0 Å². The lowest BCUT2D eigenvalue weighted by Gasteiger charge is -2.36. The van der Waals surface area contributed by atoms with E-state index in [9.17, 15) is 0 Å². The first-order valence-corrected chi connectivity index (χ1v) is 7.57. The number of rotatable bonds is 4. The summed E-state index contributed by atoms with van der Waals surface area (Å²) in [6.45, 7) is 2.10. The third-order valence-electron chi connectivity index (χ3n) is 4.42. The quantitative estimate of drug-likeness (QED) is 0.888. The Bertz CT molecular complexity index is 338. The molecule has 0 radical (unpaired) electrons. The maximum absolute atomic E-state index is 4.30. The smallest absolute Gasteiger partial charge is 0.0795 e. The first-order valence-electron chi connectivity index (χ1n) is 6.62. The average Bonchev–Trinajstić information content (AvgIpc) is 2.87. The Morgan fingerprint density at radius 1 is 1.41 bits per heavy atom. The van der Waals surface area contributed by atoms with E-state index < -0.39 is 0 Å². The zero-order valence-electron chi connectivity index (χ0n) is 10.4. The van der Waals surface area contributed by atoms with Crippen molar-refractivity contribution in [1.82, 2.24) is 15.2 Å². The minimum Gasteiger partial charge on any atom is -0.311 e. The molecule has 94 valence electrons. The molecule has 2 atom stereocenters. The van der Waals surface area contributed by atoms with Crippen molar-refractivity contribution in [3.63, 3.8) is 0 Å². The fourth-order valence-corrected chi connectivity index (χ4v) is 3.98. The van der Waals surface area contributed by atoms with E-state index >= 15 is 0 Å². The minimum absolute atomic E-state index is 0.861. The van der Waals surface area contributed by atoms with Gasteiger partial charge in [0.2, 0.25) is 0 Å². The summed E-state index contributed by atoms with van der Waals surface area (Å²) in [4.78, 5) is 6.91. The molecule has 3 heterocycles. The zero-order valence-corrected chi connectivity index (χ0v) is 11.2. The molecular formula is C13H21N3S. The number of thiazole rings is 1. The molecule has 2 aliphatic rings. The van der Waals surface area contributed by atoms with Crippen LogP contribution in [0.2, 0.25) is 0 Å². The molecule has 3 rings (SSSR count). The molecule has 0 aromatic carbocycles. The Balaban J connectivity index is 1.44. The van der Waals surface area contributed by atoms with Gasteiger partial charge in [0.15, 0.2) is 0 Å². The monoisotopic (exact) mass is 251 g/mol. The van der Waals surface area contributed by atoms with Gasteiger partial charge in [-0.1, -0.05) is 0 Å². The van der Waals surface area contributed by atoms with E-state index in [4.69, 9.17) is 0 Å². The van der Waals surface area contributed by atoms with E-state index in [1.54, 1.807) is 11.3 Å². The Hall–Kier alpha value is -0.450. The van der Waals surface area contributed by atoms with Gasteiger partial charge >= 0.3 is 0 Å². The van der Waals surface area contributed by atoms with E-state index in [2.05, 4.69) is 27.6 Å². The lowest BCUT2D eigenvalue weighted by molar-refractivity contribution is 0.133. The van der Waals surface area contributed by atoms with Crippen LogP contribution in [-0.4, -0.2) is 35.6 Å². The van der Waals surface area contributed by atoms with Crippen LogP contribution in [0.4, 0.5) is 0 Å². The molecule has 1 aromatic rings. The normalized spacial score (nSPS) is 33.1. The lowest BCUT2D eigenvalue weighted by Crippen LogP contribution is -2.42. The fraction of sp³-hybridized carbons (Fsp3) is 0.769. The molecule has 4 heteroatoms. The van der Waals surface area contributed by atoms with Crippen molar-refractivity contribution < 1.29 is 0 Å². The number of nitrogens with one attached hydrogen (secondary N) is 1. The third kappa shape index (κ3) is 2.54. The Morgan fingerprint density at radius 3 is 2.82 bits per heavy atom. The first-order chi connectivity index (χ1) is 8.33. The van der Waals surface area contributed by atoms with Gasteiger partial charge in [-0.15, -0.1) is 11.3 Å². The van der Waals surface area contributed by atoms with E-state index in [1.807, 2.05) is 5.51 Å². The fourth-order valence-electron chi connectivity index (χ4n) is 3.42. The summed E-state index contributed by atoms with van der Waals surface area (Å²) in [5.74, 6) is 0.877. The minimum atomic E-state index is 0.861. The highest BCUT2D eigenvalue weighted by Gasteiger charge is 2.37. The molecule has 2 saturated heterocycles. The van der Waals surface area contributed by atoms with Crippen LogP contribution in [0, 0.1) is 5.92 Å². The average molecular weight is 251 g/mol. The van der Waals surface area contributed by atoms with Crippen LogP contribution in [-0.2, 0) is 6.54 Å². The van der Waals surface area contributed by atoms with Crippen molar-refractivity contribution in [2.24, 2.45) is 5.92 Å². The van der Waals surface area contributed by atoms with Crippen LogP contribution in [0.5, 0.6) is 0 Å². The van der Waals surface area contributed by atoms with Gasteiger partial charge in [0.05, 0.1) is 11.2 Å². The van der Waals surface area contributed by atoms with Gasteiger partial charge in [-0.2, -0.15) is 0 Å². The second kappa shape index (κ2) is 5.04. The van der Waals surface area contributed by atoms with Crippen LogP contribution in [0.15, 0.2) is 10.9 Å². The Morgan fingerprint density at radius 2 is 2.18 bits per heavy atom. The largest absolute Gasteiger partial charge is 0.311 e. The molecule has 2 fully saturated rings. The summed E-state index contributed by atoms with van der Waals surface area (Å²) in [5.41, 5.74) is 3.10. The van der Waals surface area contributed by atoms with E-state index in [1.165, 1.54) is 37.9 Å². The summed E-state index contributed by atoms with van der Waals surface area (Å²) in [6.07, 6.45) is 5.61. The van der Waals surface area contributed by atoms with Crippen LogP contribution in [0.25, 0.3) is 0 Å². The predicted molar refractivity (Wildman–Crippen MR) is 71.1 cm³/mol. The molecule has 2 unspecified atom stereocenters. The zero-order chi connectivity index (χ0) is 11.7. The molecule has 2 aliphatic heterocycles. The van der Waals surface area contributed by atoms with Gasteiger partial charge < -0.3 is 10.2 Å². The van der Waals surface area contributed by atoms with Gasteiger partial charge in [0, 0.05) is 24.0 Å². The van der Waals surface area contributed by atoms with Gasteiger partial charge in [-0.3, -0.25) is 0 Å². The van der Waals surface area contributed by atoms with Gasteiger partial charge in [0.25, 0.3) is 0 Å². The van der Waals surface area contributed by atoms with Crippen molar-refractivity contribution in [3.8, 4) is 0 Å². The van der Waals surface area contributed by atoms with Gasteiger partial charge in [-0.05, 0) is 45.2 Å². The molecule has 1 N–H and O–H groups in total. The van der Waals surface area contributed by atoms with Crippen molar-refractivity contribution in [1.29, 1.82) is 0 Å². The highest BCUT2D eigenvalue weighted by molar-refractivity contribution is 7.07. The summed E-state index contributed by atoms with van der Waals surface area (Å²) in [5, 5.41) is 5.70. The molecule has 1 aromatic heterocycles. The number of nitrogens with zero attached hydrogens (tertiary/aromatic N) is 2. The maximum atomic E-state index is 4.30. The molecule has 0 aliphatic carbocycles. The summed E-state index contributed by atoms with van der Waals surface area (Å²) in [6, 6.07) is 1.72. The van der Waals surface area contributed by atoms with E-state index in [-0.39, 0.29) is 0 Å². The summed E-state index contributed by atoms with van der Waals surface area (Å²) < 4.78 is 0. The Kier molecular flexibility index (Phi) is 3.45. The number of hydrogen-bond acceptors (Lipinski definition) is 4. The Labute approximate surface area is 107 Å². The molecule has 17 heavy (non-hydrogen) atoms. The highest BCUT2D eigenvalue weighted by atomic mass is 32.1.